The molecule has 0 bridgehead atoms. The van der Waals surface area contributed by atoms with Crippen molar-refractivity contribution in [2.24, 2.45) is 0 Å². The van der Waals surface area contributed by atoms with Gasteiger partial charge in [-0.2, -0.15) is 0 Å². The number of carbonyl (C=O) groups is 1. The Hall–Kier alpha value is -1.39. The predicted molar refractivity (Wildman–Crippen MR) is 61.3 cm³/mol. The minimum atomic E-state index is -1.02. The molecule has 0 aromatic carbocycles. The molecule has 1 N–H and O–H groups in total. The van der Waals surface area contributed by atoms with E-state index in [-0.39, 0.29) is 5.57 Å². The van der Waals surface area contributed by atoms with Gasteiger partial charge in [-0.05, 0) is 18.2 Å². The van der Waals surface area contributed by atoms with E-state index in [0.717, 1.165) is 4.70 Å². The molecule has 2 rings (SSSR count). The molecule has 0 atom stereocenters. The summed E-state index contributed by atoms with van der Waals surface area (Å²) in [7, 11) is 0. The molecule has 0 fully saturated rings. The molecule has 0 saturated carbocycles. The zero-order chi connectivity index (χ0) is 11.0. The normalized spacial score (nSPS) is 10.5. The van der Waals surface area contributed by atoms with E-state index in [4.69, 9.17) is 16.7 Å². The molecule has 0 saturated heterocycles. The summed E-state index contributed by atoms with van der Waals surface area (Å²) in [5, 5.41) is 9.17. The van der Waals surface area contributed by atoms with Crippen molar-refractivity contribution in [3.8, 4) is 0 Å². The number of carboxylic acid groups (broad SMARTS) is 1. The third-order valence-corrected chi connectivity index (χ3v) is 3.26. The highest BCUT2D eigenvalue weighted by atomic mass is 35.5. The number of aliphatic carboxylic acids is 1. The SMILES string of the molecule is C=C(C(=O)O)c1cc2nc(Cl)ccc2s1. The molecule has 15 heavy (non-hydrogen) atoms. The van der Waals surface area contributed by atoms with Crippen molar-refractivity contribution in [1.29, 1.82) is 0 Å². The highest BCUT2D eigenvalue weighted by molar-refractivity contribution is 7.20. The van der Waals surface area contributed by atoms with Crippen molar-refractivity contribution >= 4 is 44.7 Å². The molecule has 0 spiro atoms. The number of halogens is 1. The van der Waals surface area contributed by atoms with Gasteiger partial charge in [-0.15, -0.1) is 11.3 Å². The van der Waals surface area contributed by atoms with E-state index in [0.29, 0.717) is 15.5 Å². The average molecular weight is 240 g/mol. The second kappa shape index (κ2) is 3.64. The Morgan fingerprint density at radius 2 is 2.27 bits per heavy atom. The average Bonchev–Trinajstić information content (AvgIpc) is 2.58. The van der Waals surface area contributed by atoms with Crippen LogP contribution >= 0.6 is 22.9 Å². The van der Waals surface area contributed by atoms with E-state index in [9.17, 15) is 4.79 Å². The fourth-order valence-electron chi connectivity index (χ4n) is 1.15. The first-order valence-corrected chi connectivity index (χ1v) is 5.26. The maximum Gasteiger partial charge on any atom is 0.336 e. The van der Waals surface area contributed by atoms with Crippen LogP contribution in [0.1, 0.15) is 4.88 Å². The smallest absolute Gasteiger partial charge is 0.336 e. The molecule has 2 aromatic rings. The van der Waals surface area contributed by atoms with Crippen LogP contribution < -0.4 is 0 Å². The molecule has 5 heteroatoms. The van der Waals surface area contributed by atoms with E-state index in [1.165, 1.54) is 11.3 Å². The molecule has 0 aliphatic rings. The number of hydrogen-bond acceptors (Lipinski definition) is 3. The fourth-order valence-corrected chi connectivity index (χ4v) is 2.27. The minimum absolute atomic E-state index is 0.0779. The van der Waals surface area contributed by atoms with Crippen LogP contribution in [0.5, 0.6) is 0 Å². The Labute approximate surface area is 94.6 Å². The van der Waals surface area contributed by atoms with Gasteiger partial charge in [-0.25, -0.2) is 9.78 Å². The van der Waals surface area contributed by atoms with Gasteiger partial charge in [-0.3, -0.25) is 0 Å². The van der Waals surface area contributed by atoms with Gasteiger partial charge in [0.15, 0.2) is 0 Å². The van der Waals surface area contributed by atoms with Crippen molar-refractivity contribution in [3.05, 3.63) is 34.8 Å². The van der Waals surface area contributed by atoms with E-state index in [2.05, 4.69) is 11.6 Å². The van der Waals surface area contributed by atoms with Crippen molar-refractivity contribution in [2.75, 3.05) is 0 Å². The number of carboxylic acids is 1. The molecule has 0 radical (unpaired) electrons. The van der Waals surface area contributed by atoms with Gasteiger partial charge in [0.25, 0.3) is 0 Å². The number of rotatable bonds is 2. The van der Waals surface area contributed by atoms with Crippen molar-refractivity contribution in [2.45, 2.75) is 0 Å². The van der Waals surface area contributed by atoms with Gasteiger partial charge in [0.05, 0.1) is 15.8 Å². The largest absolute Gasteiger partial charge is 0.478 e. The summed E-state index contributed by atoms with van der Waals surface area (Å²) in [5.74, 6) is -1.02. The second-order valence-electron chi connectivity index (χ2n) is 2.91. The minimum Gasteiger partial charge on any atom is -0.478 e. The predicted octanol–water partition coefficient (Wildman–Crippen LogP) is 3.05. The fraction of sp³-hybridized carbons (Fsp3) is 0. The van der Waals surface area contributed by atoms with Crippen LogP contribution in [0.2, 0.25) is 5.15 Å². The molecule has 3 nitrogen and oxygen atoms in total. The van der Waals surface area contributed by atoms with E-state index in [1.54, 1.807) is 12.1 Å². The lowest BCUT2D eigenvalue weighted by molar-refractivity contribution is -0.130. The van der Waals surface area contributed by atoms with Crippen LogP contribution in [0.25, 0.3) is 15.8 Å². The van der Waals surface area contributed by atoms with E-state index >= 15 is 0 Å². The first-order chi connectivity index (χ1) is 7.08. The van der Waals surface area contributed by atoms with Gasteiger partial charge in [-0.1, -0.05) is 18.2 Å². The van der Waals surface area contributed by atoms with Gasteiger partial charge < -0.3 is 5.11 Å². The number of thiophene rings is 1. The number of nitrogens with zero attached hydrogens (tertiary/aromatic N) is 1. The molecule has 76 valence electrons. The molecule has 0 aliphatic carbocycles. The van der Waals surface area contributed by atoms with Crippen LogP contribution in [0, 0.1) is 0 Å². The zero-order valence-electron chi connectivity index (χ0n) is 7.53. The van der Waals surface area contributed by atoms with Gasteiger partial charge in [0.1, 0.15) is 5.15 Å². The Morgan fingerprint density at radius 3 is 2.93 bits per heavy atom. The summed E-state index contributed by atoms with van der Waals surface area (Å²) in [4.78, 5) is 15.4. The molecular weight excluding hydrogens is 234 g/mol. The van der Waals surface area contributed by atoms with Crippen LogP contribution in [-0.4, -0.2) is 16.1 Å². The number of aromatic nitrogens is 1. The van der Waals surface area contributed by atoms with Crippen molar-refractivity contribution in [1.82, 2.24) is 4.98 Å². The summed E-state index contributed by atoms with van der Waals surface area (Å²) in [6, 6.07) is 5.17. The lowest BCUT2D eigenvalue weighted by atomic mass is 10.2. The lowest BCUT2D eigenvalue weighted by Crippen LogP contribution is -1.95. The quantitative estimate of drug-likeness (QED) is 0.647. The van der Waals surface area contributed by atoms with Gasteiger partial charge in [0, 0.05) is 4.88 Å². The zero-order valence-corrected chi connectivity index (χ0v) is 9.10. The third-order valence-electron chi connectivity index (χ3n) is 1.90. The van der Waals surface area contributed by atoms with E-state index in [1.807, 2.05) is 6.07 Å². The monoisotopic (exact) mass is 239 g/mol. The van der Waals surface area contributed by atoms with Crippen LogP contribution in [-0.2, 0) is 4.79 Å². The van der Waals surface area contributed by atoms with Crippen molar-refractivity contribution < 1.29 is 9.90 Å². The third kappa shape index (κ3) is 1.86. The number of hydrogen-bond donors (Lipinski definition) is 1. The van der Waals surface area contributed by atoms with Crippen molar-refractivity contribution in [3.63, 3.8) is 0 Å². The van der Waals surface area contributed by atoms with Crippen LogP contribution in [0.15, 0.2) is 24.8 Å². The standard InChI is InChI=1S/C10H6ClNO2S/c1-5(10(13)14)8-4-6-7(15-8)2-3-9(11)12-6/h2-4H,1H2,(H,13,14). The van der Waals surface area contributed by atoms with Gasteiger partial charge >= 0.3 is 5.97 Å². The first kappa shape index (κ1) is 10.1. The molecule has 2 heterocycles. The maximum atomic E-state index is 10.7. The molecular formula is C10H6ClNO2S. The Bertz CT molecular complexity index is 562. The highest BCUT2D eigenvalue weighted by Gasteiger charge is 2.11. The number of pyridine rings is 1. The first-order valence-electron chi connectivity index (χ1n) is 4.06. The van der Waals surface area contributed by atoms with E-state index < -0.39 is 5.97 Å². The molecule has 2 aromatic heterocycles. The lowest BCUT2D eigenvalue weighted by Gasteiger charge is -1.91. The summed E-state index contributed by atoms with van der Waals surface area (Å²) in [6.45, 7) is 3.49. The Balaban J connectivity index is 2.56. The topological polar surface area (TPSA) is 50.2 Å². The molecule has 0 unspecified atom stereocenters. The summed E-state index contributed by atoms with van der Waals surface area (Å²) in [5.41, 5.74) is 0.777. The molecule has 0 amide bonds. The summed E-state index contributed by atoms with van der Waals surface area (Å²) in [6.07, 6.45) is 0. The maximum absolute atomic E-state index is 10.7. The van der Waals surface area contributed by atoms with Crippen LogP contribution in [0.4, 0.5) is 0 Å². The highest BCUT2D eigenvalue weighted by Crippen LogP contribution is 2.29. The Morgan fingerprint density at radius 1 is 1.53 bits per heavy atom. The molecule has 0 aliphatic heterocycles. The number of fused-ring (bicyclic) bond motifs is 1. The Kier molecular flexibility index (Phi) is 2.46. The van der Waals surface area contributed by atoms with Crippen LogP contribution in [0.3, 0.4) is 0 Å². The summed E-state index contributed by atoms with van der Waals surface area (Å²) < 4.78 is 0.900. The second-order valence-corrected chi connectivity index (χ2v) is 4.38. The van der Waals surface area contributed by atoms with Gasteiger partial charge in [0.2, 0.25) is 0 Å². The summed E-state index contributed by atoms with van der Waals surface area (Å²) >= 11 is 7.07.